The number of nitrogens with zero attached hydrogens (tertiary/aromatic N) is 1. The molecule has 0 aromatic heterocycles. The minimum absolute atomic E-state index is 0.0487. The van der Waals surface area contributed by atoms with Gasteiger partial charge < -0.3 is 4.90 Å². The topological polar surface area (TPSA) is 3.24 Å². The molecule has 2 aliphatic carbocycles. The van der Waals surface area contributed by atoms with E-state index in [-0.39, 0.29) is 10.8 Å². The molecule has 0 saturated heterocycles. The highest BCUT2D eigenvalue weighted by atomic mass is 15.1. The van der Waals surface area contributed by atoms with Crippen molar-refractivity contribution in [2.24, 2.45) is 0 Å². The third-order valence-corrected chi connectivity index (χ3v) is 11.8. The molecule has 0 radical (unpaired) electrons. The lowest BCUT2D eigenvalue weighted by Crippen LogP contribution is -2.17. The Balaban J connectivity index is 1.18. The van der Waals surface area contributed by atoms with E-state index in [0.29, 0.717) is 5.92 Å². The Bertz CT molecular complexity index is 1860. The van der Waals surface area contributed by atoms with Gasteiger partial charge in [0.05, 0.1) is 0 Å². The van der Waals surface area contributed by atoms with Crippen LogP contribution in [0.15, 0.2) is 115 Å². The zero-order chi connectivity index (χ0) is 34.7. The maximum Gasteiger partial charge on any atom is 0.0465 e. The first kappa shape index (κ1) is 34.4. The number of benzene rings is 5. The van der Waals surface area contributed by atoms with Crippen LogP contribution in [0, 0.1) is 0 Å². The highest BCUT2D eigenvalue weighted by molar-refractivity contribution is 5.86. The average Bonchev–Trinajstić information content (AvgIpc) is 3.35. The summed E-state index contributed by atoms with van der Waals surface area (Å²) in [6.07, 6.45) is 15.4. The molecule has 0 atom stereocenters. The number of rotatable bonds is 5. The van der Waals surface area contributed by atoms with E-state index < -0.39 is 0 Å². The molecule has 1 heteroatoms. The van der Waals surface area contributed by atoms with Crippen molar-refractivity contribution in [2.45, 2.75) is 122 Å². The van der Waals surface area contributed by atoms with Gasteiger partial charge in [0.15, 0.2) is 0 Å². The van der Waals surface area contributed by atoms with Crippen LogP contribution in [0.1, 0.15) is 133 Å². The molecule has 0 spiro atoms. The third kappa shape index (κ3) is 7.20. The van der Waals surface area contributed by atoms with Crippen LogP contribution in [0.5, 0.6) is 0 Å². The van der Waals surface area contributed by atoms with Gasteiger partial charge in [0, 0.05) is 22.5 Å². The molecule has 0 bridgehead atoms. The molecule has 0 unspecified atom stereocenters. The highest BCUT2D eigenvalue weighted by Crippen LogP contribution is 2.50. The molecule has 0 heterocycles. The summed E-state index contributed by atoms with van der Waals surface area (Å²) in [4.78, 5) is 2.43. The number of hydrogen-bond donors (Lipinski definition) is 0. The quantitative estimate of drug-likeness (QED) is 0.181. The fourth-order valence-electron chi connectivity index (χ4n) is 8.64. The van der Waals surface area contributed by atoms with Crippen LogP contribution in [0.3, 0.4) is 0 Å². The number of fused-ring (bicyclic) bond motifs is 3. The van der Waals surface area contributed by atoms with Gasteiger partial charge in [-0.1, -0.05) is 171 Å². The van der Waals surface area contributed by atoms with Crippen LogP contribution < -0.4 is 4.90 Å². The SMILES string of the molecule is CC(C)(C)c1ccc(N(c2ccc(-c3ccc(C4CCCCCCCCCCC4)cc3)cc2)c2ccc3c(c2)C(C)(C)c2ccccc2-3)cc1. The Morgan fingerprint density at radius 3 is 1.56 bits per heavy atom. The molecule has 0 aliphatic heterocycles. The van der Waals surface area contributed by atoms with Crippen molar-refractivity contribution in [3.05, 3.63) is 138 Å². The molecule has 2 aliphatic rings. The highest BCUT2D eigenvalue weighted by Gasteiger charge is 2.35. The lowest BCUT2D eigenvalue weighted by molar-refractivity contribution is 0.467. The van der Waals surface area contributed by atoms with E-state index in [4.69, 9.17) is 0 Å². The zero-order valence-corrected chi connectivity index (χ0v) is 31.3. The molecule has 1 nitrogen and oxygen atoms in total. The second-order valence-corrected chi connectivity index (χ2v) is 16.7. The molecule has 258 valence electrons. The van der Waals surface area contributed by atoms with Crippen molar-refractivity contribution < 1.29 is 0 Å². The lowest BCUT2D eigenvalue weighted by atomic mass is 9.82. The van der Waals surface area contributed by atoms with Crippen LogP contribution in [-0.4, -0.2) is 0 Å². The summed E-state index contributed by atoms with van der Waals surface area (Å²) in [6.45, 7) is 11.6. The Morgan fingerprint density at radius 1 is 0.500 bits per heavy atom. The molecule has 5 aromatic carbocycles. The molecular formula is C49H57N. The molecule has 5 aromatic rings. The summed E-state index contributed by atoms with van der Waals surface area (Å²) in [5.74, 6) is 0.703. The fourth-order valence-corrected chi connectivity index (χ4v) is 8.64. The monoisotopic (exact) mass is 659 g/mol. The molecule has 1 saturated carbocycles. The van der Waals surface area contributed by atoms with Crippen LogP contribution in [0.25, 0.3) is 22.3 Å². The zero-order valence-electron chi connectivity index (χ0n) is 31.3. The van der Waals surface area contributed by atoms with E-state index in [2.05, 4.69) is 155 Å². The van der Waals surface area contributed by atoms with Crippen LogP contribution in [-0.2, 0) is 10.8 Å². The van der Waals surface area contributed by atoms with Gasteiger partial charge in [-0.2, -0.15) is 0 Å². The van der Waals surface area contributed by atoms with Crippen molar-refractivity contribution in [3.8, 4) is 22.3 Å². The summed E-state index contributed by atoms with van der Waals surface area (Å²) in [5, 5.41) is 0. The molecule has 0 amide bonds. The van der Waals surface area contributed by atoms with Crippen molar-refractivity contribution >= 4 is 17.1 Å². The number of hydrogen-bond acceptors (Lipinski definition) is 1. The Kier molecular flexibility index (Phi) is 10.1. The van der Waals surface area contributed by atoms with Crippen LogP contribution in [0.4, 0.5) is 17.1 Å². The van der Waals surface area contributed by atoms with Crippen molar-refractivity contribution in [2.75, 3.05) is 4.90 Å². The third-order valence-electron chi connectivity index (χ3n) is 11.8. The average molecular weight is 660 g/mol. The minimum atomic E-state index is -0.0487. The van der Waals surface area contributed by atoms with Gasteiger partial charge in [0.1, 0.15) is 0 Å². The largest absolute Gasteiger partial charge is 0.310 e. The molecular weight excluding hydrogens is 603 g/mol. The van der Waals surface area contributed by atoms with Gasteiger partial charge in [0.25, 0.3) is 0 Å². The minimum Gasteiger partial charge on any atom is -0.310 e. The summed E-state index contributed by atoms with van der Waals surface area (Å²) in [6, 6.07) is 44.0. The normalized spacial score (nSPS) is 16.9. The standard InChI is InChI=1S/C49H57N/c1-48(2,3)40-27-31-42(32-28-40)50(43-33-34-45-44-19-15-16-20-46(44)49(4,5)47(45)35-43)41-29-25-39(26-30-41)38-23-21-37(22-24-38)36-17-13-11-9-7-6-8-10-12-14-18-36/h15-16,19-36H,6-14,17-18H2,1-5H3. The Hall–Kier alpha value is -4.10. The second kappa shape index (κ2) is 14.6. The van der Waals surface area contributed by atoms with Gasteiger partial charge in [-0.25, -0.2) is 0 Å². The molecule has 1 fully saturated rings. The lowest BCUT2D eigenvalue weighted by Gasteiger charge is -2.29. The fraction of sp³-hybridized carbons (Fsp3) is 0.388. The van der Waals surface area contributed by atoms with Crippen molar-refractivity contribution in [3.63, 3.8) is 0 Å². The second-order valence-electron chi connectivity index (χ2n) is 16.7. The smallest absolute Gasteiger partial charge is 0.0465 e. The Morgan fingerprint density at radius 2 is 0.980 bits per heavy atom. The maximum absolute atomic E-state index is 2.43. The first-order valence-corrected chi connectivity index (χ1v) is 19.6. The predicted octanol–water partition coefficient (Wildman–Crippen LogP) is 14.8. The van der Waals surface area contributed by atoms with Crippen molar-refractivity contribution in [1.29, 1.82) is 0 Å². The van der Waals surface area contributed by atoms with E-state index in [9.17, 15) is 0 Å². The molecule has 0 N–H and O–H groups in total. The van der Waals surface area contributed by atoms with E-state index in [1.807, 2.05) is 0 Å². The summed E-state index contributed by atoms with van der Waals surface area (Å²) in [5.41, 5.74) is 14.6. The summed E-state index contributed by atoms with van der Waals surface area (Å²) < 4.78 is 0. The maximum atomic E-state index is 2.43. The van der Waals surface area contributed by atoms with E-state index in [1.54, 1.807) is 0 Å². The van der Waals surface area contributed by atoms with Crippen molar-refractivity contribution in [1.82, 2.24) is 0 Å². The van der Waals surface area contributed by atoms with Gasteiger partial charge >= 0.3 is 0 Å². The summed E-state index contributed by atoms with van der Waals surface area (Å²) >= 11 is 0. The summed E-state index contributed by atoms with van der Waals surface area (Å²) in [7, 11) is 0. The van der Waals surface area contributed by atoms with E-state index in [1.165, 1.54) is 132 Å². The van der Waals surface area contributed by atoms with Gasteiger partial charge in [0.2, 0.25) is 0 Å². The first-order chi connectivity index (χ1) is 24.2. The van der Waals surface area contributed by atoms with E-state index >= 15 is 0 Å². The van der Waals surface area contributed by atoms with Gasteiger partial charge in [-0.3, -0.25) is 0 Å². The molecule has 7 rings (SSSR count). The van der Waals surface area contributed by atoms with E-state index in [0.717, 1.165) is 0 Å². The van der Waals surface area contributed by atoms with Gasteiger partial charge in [-0.15, -0.1) is 0 Å². The van der Waals surface area contributed by atoms with Crippen LogP contribution in [0.2, 0.25) is 0 Å². The first-order valence-electron chi connectivity index (χ1n) is 19.6. The Labute approximate surface area is 302 Å². The molecule has 50 heavy (non-hydrogen) atoms. The van der Waals surface area contributed by atoms with Crippen LogP contribution >= 0.6 is 0 Å². The number of anilines is 3. The predicted molar refractivity (Wildman–Crippen MR) is 216 cm³/mol. The van der Waals surface area contributed by atoms with Gasteiger partial charge in [-0.05, 0) is 105 Å².